The minimum Gasteiger partial charge on any atom is -0.488 e. The molecule has 0 amide bonds. The zero-order valence-corrected chi connectivity index (χ0v) is 13.0. The minimum atomic E-state index is -0.0572. The van der Waals surface area contributed by atoms with Crippen LogP contribution >= 0.6 is 0 Å². The van der Waals surface area contributed by atoms with Crippen LogP contribution in [0, 0.1) is 13.8 Å². The molecular weight excluding hydrogens is 258 g/mol. The van der Waals surface area contributed by atoms with Gasteiger partial charge in [0.25, 0.3) is 0 Å². The van der Waals surface area contributed by atoms with Crippen LogP contribution in [-0.4, -0.2) is 6.10 Å². The molecule has 0 saturated heterocycles. The van der Waals surface area contributed by atoms with Crippen molar-refractivity contribution in [3.63, 3.8) is 0 Å². The van der Waals surface area contributed by atoms with Crippen molar-refractivity contribution in [1.82, 2.24) is 0 Å². The summed E-state index contributed by atoms with van der Waals surface area (Å²) in [6, 6.07) is 14.7. The molecule has 0 heterocycles. The molecule has 2 nitrogen and oxygen atoms in total. The zero-order chi connectivity index (χ0) is 15.0. The standard InChI is InChI=1S/C19H23NO/c1-12-8-13(2)10-15(9-12)21-18-11-14(3)16-6-4-5-7-17(16)19(18)20/h4-10,14,18-19H,11,20H2,1-3H3. The van der Waals surface area contributed by atoms with Crippen molar-refractivity contribution in [3.05, 3.63) is 64.7 Å². The zero-order valence-electron chi connectivity index (χ0n) is 13.0. The quantitative estimate of drug-likeness (QED) is 0.892. The van der Waals surface area contributed by atoms with E-state index in [1.165, 1.54) is 22.3 Å². The molecule has 0 bridgehead atoms. The van der Waals surface area contributed by atoms with E-state index in [0.29, 0.717) is 5.92 Å². The van der Waals surface area contributed by atoms with E-state index >= 15 is 0 Å². The lowest BCUT2D eigenvalue weighted by Gasteiger charge is -2.35. The molecule has 1 aliphatic rings. The van der Waals surface area contributed by atoms with Crippen LogP contribution in [0.4, 0.5) is 0 Å². The van der Waals surface area contributed by atoms with Crippen LogP contribution in [0.5, 0.6) is 5.75 Å². The van der Waals surface area contributed by atoms with Crippen molar-refractivity contribution >= 4 is 0 Å². The van der Waals surface area contributed by atoms with E-state index in [1.807, 2.05) is 0 Å². The van der Waals surface area contributed by atoms with Gasteiger partial charge in [-0.1, -0.05) is 37.3 Å². The first kappa shape index (κ1) is 14.2. The molecule has 0 spiro atoms. The van der Waals surface area contributed by atoms with Crippen LogP contribution in [0.15, 0.2) is 42.5 Å². The number of nitrogens with two attached hydrogens (primary N) is 1. The highest BCUT2D eigenvalue weighted by Gasteiger charge is 2.32. The van der Waals surface area contributed by atoms with E-state index in [0.717, 1.165) is 12.2 Å². The van der Waals surface area contributed by atoms with E-state index in [-0.39, 0.29) is 12.1 Å². The van der Waals surface area contributed by atoms with Gasteiger partial charge in [-0.2, -0.15) is 0 Å². The maximum atomic E-state index is 6.45. The highest BCUT2D eigenvalue weighted by molar-refractivity contribution is 5.37. The lowest BCUT2D eigenvalue weighted by molar-refractivity contribution is 0.144. The van der Waals surface area contributed by atoms with Gasteiger partial charge in [0.05, 0.1) is 6.04 Å². The summed E-state index contributed by atoms with van der Waals surface area (Å²) in [4.78, 5) is 0. The Kier molecular flexibility index (Phi) is 3.73. The fourth-order valence-corrected chi connectivity index (χ4v) is 3.38. The summed E-state index contributed by atoms with van der Waals surface area (Å²) in [5.41, 5.74) is 11.5. The van der Waals surface area contributed by atoms with Gasteiger partial charge in [0.2, 0.25) is 0 Å². The Bertz CT molecular complexity index is 630. The lowest BCUT2D eigenvalue weighted by Crippen LogP contribution is -2.37. The van der Waals surface area contributed by atoms with Crippen LogP contribution in [0.2, 0.25) is 0 Å². The minimum absolute atomic E-state index is 0.0381. The predicted molar refractivity (Wildman–Crippen MR) is 86.7 cm³/mol. The van der Waals surface area contributed by atoms with E-state index in [9.17, 15) is 0 Å². The summed E-state index contributed by atoms with van der Waals surface area (Å²) in [5, 5.41) is 0. The van der Waals surface area contributed by atoms with Crippen LogP contribution in [0.25, 0.3) is 0 Å². The smallest absolute Gasteiger partial charge is 0.120 e. The summed E-state index contributed by atoms with van der Waals surface area (Å²) in [6.07, 6.45) is 1.00. The van der Waals surface area contributed by atoms with E-state index in [1.54, 1.807) is 0 Å². The summed E-state index contributed by atoms with van der Waals surface area (Å²) >= 11 is 0. The Labute approximate surface area is 126 Å². The number of hydrogen-bond acceptors (Lipinski definition) is 2. The number of fused-ring (bicyclic) bond motifs is 1. The van der Waals surface area contributed by atoms with Crippen molar-refractivity contribution in [2.24, 2.45) is 5.73 Å². The molecule has 1 aliphatic carbocycles. The summed E-state index contributed by atoms with van der Waals surface area (Å²) in [7, 11) is 0. The molecule has 0 aromatic heterocycles. The van der Waals surface area contributed by atoms with Crippen molar-refractivity contribution in [1.29, 1.82) is 0 Å². The van der Waals surface area contributed by atoms with Crippen LogP contribution < -0.4 is 10.5 Å². The second kappa shape index (κ2) is 5.53. The number of aryl methyl sites for hydroxylation is 2. The molecule has 110 valence electrons. The van der Waals surface area contributed by atoms with Gasteiger partial charge in [0.1, 0.15) is 11.9 Å². The molecule has 21 heavy (non-hydrogen) atoms. The first-order valence-corrected chi connectivity index (χ1v) is 7.64. The largest absolute Gasteiger partial charge is 0.488 e. The average molecular weight is 281 g/mol. The molecule has 2 aromatic rings. The molecule has 3 atom stereocenters. The lowest BCUT2D eigenvalue weighted by atomic mass is 9.79. The predicted octanol–water partition coefficient (Wildman–Crippen LogP) is 4.26. The first-order chi connectivity index (χ1) is 10.0. The highest BCUT2D eigenvalue weighted by Crippen LogP contribution is 2.38. The summed E-state index contributed by atoms with van der Waals surface area (Å²) in [6.45, 7) is 6.44. The molecule has 0 aliphatic heterocycles. The van der Waals surface area contributed by atoms with Gasteiger partial charge in [-0.15, -0.1) is 0 Å². The maximum absolute atomic E-state index is 6.45. The van der Waals surface area contributed by atoms with E-state index < -0.39 is 0 Å². The van der Waals surface area contributed by atoms with Crippen LogP contribution in [-0.2, 0) is 0 Å². The molecule has 2 N–H and O–H groups in total. The van der Waals surface area contributed by atoms with Crippen molar-refractivity contribution < 1.29 is 4.74 Å². The highest BCUT2D eigenvalue weighted by atomic mass is 16.5. The number of hydrogen-bond donors (Lipinski definition) is 1. The summed E-state index contributed by atoms with van der Waals surface area (Å²) in [5.74, 6) is 1.41. The Balaban J connectivity index is 1.87. The Morgan fingerprint density at radius 2 is 1.62 bits per heavy atom. The van der Waals surface area contributed by atoms with Gasteiger partial charge in [-0.05, 0) is 60.6 Å². The number of ether oxygens (including phenoxy) is 1. The molecule has 2 heteroatoms. The SMILES string of the molecule is Cc1cc(C)cc(OC2CC(C)c3ccccc3C2N)c1. The molecule has 0 fully saturated rings. The monoisotopic (exact) mass is 281 g/mol. The fraction of sp³-hybridized carbons (Fsp3) is 0.368. The van der Waals surface area contributed by atoms with Gasteiger partial charge < -0.3 is 10.5 Å². The number of benzene rings is 2. The molecule has 0 saturated carbocycles. The third-order valence-corrected chi connectivity index (χ3v) is 4.36. The van der Waals surface area contributed by atoms with E-state index in [4.69, 9.17) is 10.5 Å². The second-order valence-electron chi connectivity index (χ2n) is 6.27. The van der Waals surface area contributed by atoms with Gasteiger partial charge >= 0.3 is 0 Å². The van der Waals surface area contributed by atoms with Crippen molar-refractivity contribution in [3.8, 4) is 5.75 Å². The van der Waals surface area contributed by atoms with Gasteiger partial charge in [-0.3, -0.25) is 0 Å². The fourth-order valence-electron chi connectivity index (χ4n) is 3.38. The van der Waals surface area contributed by atoms with E-state index in [2.05, 4.69) is 63.2 Å². The van der Waals surface area contributed by atoms with Gasteiger partial charge in [0.15, 0.2) is 0 Å². The molecule has 2 aromatic carbocycles. The third kappa shape index (κ3) is 2.81. The van der Waals surface area contributed by atoms with Crippen molar-refractivity contribution in [2.45, 2.75) is 45.3 Å². The second-order valence-corrected chi connectivity index (χ2v) is 6.27. The molecule has 3 rings (SSSR count). The van der Waals surface area contributed by atoms with Crippen LogP contribution in [0.3, 0.4) is 0 Å². The normalized spacial score (nSPS) is 24.5. The van der Waals surface area contributed by atoms with Gasteiger partial charge in [0, 0.05) is 0 Å². The molecule has 0 radical (unpaired) electrons. The number of rotatable bonds is 2. The molecular formula is C19H23NO. The molecule has 3 unspecified atom stereocenters. The first-order valence-electron chi connectivity index (χ1n) is 7.64. The maximum Gasteiger partial charge on any atom is 0.120 e. The Morgan fingerprint density at radius 1 is 1.00 bits per heavy atom. The average Bonchev–Trinajstić information content (AvgIpc) is 2.43. The topological polar surface area (TPSA) is 35.2 Å². The Hall–Kier alpha value is -1.80. The third-order valence-electron chi connectivity index (χ3n) is 4.36. The van der Waals surface area contributed by atoms with Gasteiger partial charge in [-0.25, -0.2) is 0 Å². The Morgan fingerprint density at radius 3 is 2.29 bits per heavy atom. The van der Waals surface area contributed by atoms with Crippen molar-refractivity contribution in [2.75, 3.05) is 0 Å². The summed E-state index contributed by atoms with van der Waals surface area (Å²) < 4.78 is 6.23. The van der Waals surface area contributed by atoms with Crippen LogP contribution in [0.1, 0.15) is 47.6 Å².